The molecule has 0 saturated carbocycles. The molecule has 0 atom stereocenters. The van der Waals surface area contributed by atoms with Gasteiger partial charge in [0, 0.05) is 19.3 Å². The van der Waals surface area contributed by atoms with E-state index in [1.807, 2.05) is 0 Å². The highest BCUT2D eigenvalue weighted by Crippen LogP contribution is 2.12. The Labute approximate surface area is 82.0 Å². The van der Waals surface area contributed by atoms with Gasteiger partial charge in [-0.05, 0) is 27.2 Å². The van der Waals surface area contributed by atoms with Crippen LogP contribution in [0.3, 0.4) is 0 Å². The van der Waals surface area contributed by atoms with Gasteiger partial charge in [-0.2, -0.15) is 0 Å². The lowest BCUT2D eigenvalue weighted by Crippen LogP contribution is -2.43. The first-order valence-corrected chi connectivity index (χ1v) is 4.84. The molecule has 0 aliphatic carbocycles. The predicted molar refractivity (Wildman–Crippen MR) is 54.6 cm³/mol. The maximum absolute atomic E-state index is 5.47. The monoisotopic (exact) mass is 189 g/mol. The summed E-state index contributed by atoms with van der Waals surface area (Å²) in [5, 5.41) is 0. The van der Waals surface area contributed by atoms with Gasteiger partial charge in [-0.15, -0.1) is 0 Å². The molecular formula is C10H23NO2. The normalized spacial score (nSPS) is 12.5. The molecular weight excluding hydrogens is 166 g/mol. The Bertz CT molecular complexity index is 121. The second kappa shape index (κ2) is 6.35. The van der Waals surface area contributed by atoms with Crippen LogP contribution in [0.1, 0.15) is 34.1 Å². The van der Waals surface area contributed by atoms with E-state index in [4.69, 9.17) is 9.47 Å². The standard InChI is InChI=1S/C10H23NO2/c1-6-7-13-9-11(8-12-5)10(2,3)4/h6-9H2,1-5H3. The Hall–Kier alpha value is -0.120. The summed E-state index contributed by atoms with van der Waals surface area (Å²) in [4.78, 5) is 2.16. The van der Waals surface area contributed by atoms with Gasteiger partial charge in [0.1, 0.15) is 13.5 Å². The second-order valence-electron chi connectivity index (χ2n) is 4.17. The Kier molecular flexibility index (Phi) is 6.29. The molecule has 0 saturated heterocycles. The van der Waals surface area contributed by atoms with Crippen LogP contribution in [0.4, 0.5) is 0 Å². The lowest BCUT2D eigenvalue weighted by molar-refractivity contribution is -0.0746. The average molecular weight is 189 g/mol. The summed E-state index contributed by atoms with van der Waals surface area (Å²) in [7, 11) is 1.71. The van der Waals surface area contributed by atoms with Crippen LogP contribution in [-0.4, -0.2) is 37.6 Å². The smallest absolute Gasteiger partial charge is 0.101 e. The van der Waals surface area contributed by atoms with E-state index in [1.54, 1.807) is 7.11 Å². The first-order chi connectivity index (χ1) is 6.02. The number of hydrogen-bond donors (Lipinski definition) is 0. The minimum Gasteiger partial charge on any atom is -0.369 e. The van der Waals surface area contributed by atoms with Gasteiger partial charge in [0.05, 0.1) is 0 Å². The fourth-order valence-corrected chi connectivity index (χ4v) is 0.899. The Morgan fingerprint density at radius 2 is 1.77 bits per heavy atom. The maximum atomic E-state index is 5.47. The van der Waals surface area contributed by atoms with E-state index < -0.39 is 0 Å². The molecule has 0 fully saturated rings. The molecule has 3 heteroatoms. The van der Waals surface area contributed by atoms with E-state index in [1.165, 1.54) is 0 Å². The summed E-state index contributed by atoms with van der Waals surface area (Å²) in [6.45, 7) is 10.6. The van der Waals surface area contributed by atoms with Crippen molar-refractivity contribution in [3.63, 3.8) is 0 Å². The van der Waals surface area contributed by atoms with Gasteiger partial charge < -0.3 is 9.47 Å². The van der Waals surface area contributed by atoms with E-state index in [2.05, 4.69) is 32.6 Å². The summed E-state index contributed by atoms with van der Waals surface area (Å²) in [6, 6.07) is 0. The van der Waals surface area contributed by atoms with Crippen molar-refractivity contribution in [1.82, 2.24) is 4.90 Å². The molecule has 0 bridgehead atoms. The fourth-order valence-electron chi connectivity index (χ4n) is 0.899. The Morgan fingerprint density at radius 1 is 1.15 bits per heavy atom. The molecule has 0 radical (unpaired) electrons. The lowest BCUT2D eigenvalue weighted by Gasteiger charge is -2.34. The molecule has 0 spiro atoms. The van der Waals surface area contributed by atoms with E-state index in [9.17, 15) is 0 Å². The lowest BCUT2D eigenvalue weighted by atomic mass is 10.1. The van der Waals surface area contributed by atoms with Gasteiger partial charge in [0.2, 0.25) is 0 Å². The van der Waals surface area contributed by atoms with Crippen LogP contribution in [0.25, 0.3) is 0 Å². The van der Waals surface area contributed by atoms with Crippen LogP contribution < -0.4 is 0 Å². The number of ether oxygens (including phenoxy) is 2. The van der Waals surface area contributed by atoms with Gasteiger partial charge in [-0.3, -0.25) is 4.90 Å². The molecule has 0 N–H and O–H groups in total. The third-order valence-corrected chi connectivity index (χ3v) is 1.83. The largest absolute Gasteiger partial charge is 0.369 e. The summed E-state index contributed by atoms with van der Waals surface area (Å²) < 4.78 is 10.6. The fraction of sp³-hybridized carbons (Fsp3) is 1.00. The molecule has 80 valence electrons. The van der Waals surface area contributed by atoms with Crippen molar-refractivity contribution in [3.8, 4) is 0 Å². The van der Waals surface area contributed by atoms with Crippen molar-refractivity contribution < 1.29 is 9.47 Å². The van der Waals surface area contributed by atoms with E-state index >= 15 is 0 Å². The zero-order valence-electron chi connectivity index (χ0n) is 9.59. The third-order valence-electron chi connectivity index (χ3n) is 1.83. The van der Waals surface area contributed by atoms with Crippen molar-refractivity contribution in [2.75, 3.05) is 27.2 Å². The molecule has 0 aromatic rings. The van der Waals surface area contributed by atoms with Crippen LogP contribution in [0.5, 0.6) is 0 Å². The molecule has 13 heavy (non-hydrogen) atoms. The molecule has 0 aromatic heterocycles. The highest BCUT2D eigenvalue weighted by Gasteiger charge is 2.20. The molecule has 0 rings (SSSR count). The summed E-state index contributed by atoms with van der Waals surface area (Å²) in [5.41, 5.74) is 0.101. The highest BCUT2D eigenvalue weighted by atomic mass is 16.5. The molecule has 0 unspecified atom stereocenters. The van der Waals surface area contributed by atoms with Gasteiger partial charge in [0.25, 0.3) is 0 Å². The van der Waals surface area contributed by atoms with E-state index in [0.29, 0.717) is 13.5 Å². The van der Waals surface area contributed by atoms with Crippen LogP contribution >= 0.6 is 0 Å². The topological polar surface area (TPSA) is 21.7 Å². The first kappa shape index (κ1) is 12.9. The molecule has 0 heterocycles. The molecule has 0 amide bonds. The number of rotatable bonds is 6. The highest BCUT2D eigenvalue weighted by molar-refractivity contribution is 4.71. The second-order valence-corrected chi connectivity index (χ2v) is 4.17. The Morgan fingerprint density at radius 3 is 2.15 bits per heavy atom. The van der Waals surface area contributed by atoms with Gasteiger partial charge in [0.15, 0.2) is 0 Å². The van der Waals surface area contributed by atoms with Gasteiger partial charge >= 0.3 is 0 Å². The molecule has 0 aliphatic rings. The number of hydrogen-bond acceptors (Lipinski definition) is 3. The third kappa shape index (κ3) is 6.02. The summed E-state index contributed by atoms with van der Waals surface area (Å²) in [6.07, 6.45) is 1.06. The van der Waals surface area contributed by atoms with E-state index in [-0.39, 0.29) is 5.54 Å². The molecule has 3 nitrogen and oxygen atoms in total. The summed E-state index contributed by atoms with van der Waals surface area (Å²) >= 11 is 0. The van der Waals surface area contributed by atoms with Crippen molar-refractivity contribution in [3.05, 3.63) is 0 Å². The van der Waals surface area contributed by atoms with Crippen LogP contribution in [-0.2, 0) is 9.47 Å². The predicted octanol–water partition coefficient (Wildman–Crippen LogP) is 2.07. The maximum Gasteiger partial charge on any atom is 0.101 e. The van der Waals surface area contributed by atoms with Crippen molar-refractivity contribution in [2.24, 2.45) is 0 Å². The van der Waals surface area contributed by atoms with Crippen molar-refractivity contribution in [1.29, 1.82) is 0 Å². The molecule has 0 aliphatic heterocycles. The van der Waals surface area contributed by atoms with Gasteiger partial charge in [-0.1, -0.05) is 6.92 Å². The van der Waals surface area contributed by atoms with Crippen LogP contribution in [0.15, 0.2) is 0 Å². The summed E-state index contributed by atoms with van der Waals surface area (Å²) in [5.74, 6) is 0. The molecule has 0 aromatic carbocycles. The Balaban J connectivity index is 3.81. The minimum absolute atomic E-state index is 0.101. The number of methoxy groups -OCH3 is 1. The number of nitrogens with zero attached hydrogens (tertiary/aromatic N) is 1. The zero-order valence-corrected chi connectivity index (χ0v) is 9.59. The van der Waals surface area contributed by atoms with Crippen LogP contribution in [0.2, 0.25) is 0 Å². The van der Waals surface area contributed by atoms with Crippen molar-refractivity contribution in [2.45, 2.75) is 39.7 Å². The quantitative estimate of drug-likeness (QED) is 0.471. The van der Waals surface area contributed by atoms with Gasteiger partial charge in [-0.25, -0.2) is 0 Å². The first-order valence-electron chi connectivity index (χ1n) is 4.84. The minimum atomic E-state index is 0.101. The van der Waals surface area contributed by atoms with Crippen LogP contribution in [0, 0.1) is 0 Å². The van der Waals surface area contributed by atoms with E-state index in [0.717, 1.165) is 13.0 Å². The average Bonchev–Trinajstić information content (AvgIpc) is 2.01. The van der Waals surface area contributed by atoms with Crippen molar-refractivity contribution >= 4 is 0 Å². The zero-order chi connectivity index (χ0) is 10.3. The SMILES string of the molecule is CCCOCN(COC)C(C)(C)C.